The van der Waals surface area contributed by atoms with Crippen LogP contribution in [0, 0.1) is 0 Å². The number of nitrogens with one attached hydrogen (secondary N) is 1. The maximum Gasteiger partial charge on any atom is 0.259 e. The molecule has 3 N–H and O–H groups in total. The van der Waals surface area contributed by atoms with Gasteiger partial charge < -0.3 is 20.7 Å². The Kier molecular flexibility index (Phi) is 8.35. The van der Waals surface area contributed by atoms with Gasteiger partial charge in [-0.2, -0.15) is 0 Å². The Labute approximate surface area is 124 Å². The minimum atomic E-state index is -0.126. The van der Waals surface area contributed by atoms with E-state index in [0.717, 1.165) is 0 Å². The first-order valence-electron chi connectivity index (χ1n) is 5.96. The molecule has 0 saturated carbocycles. The Hall–Kier alpha value is -1.79. The molecule has 7 heteroatoms. The average molecular weight is 302 g/mol. The van der Waals surface area contributed by atoms with Gasteiger partial charge in [0.15, 0.2) is 6.61 Å². The van der Waals surface area contributed by atoms with Crippen molar-refractivity contribution in [3.63, 3.8) is 0 Å². The first-order valence-corrected chi connectivity index (χ1v) is 5.96. The number of benzene rings is 1. The van der Waals surface area contributed by atoms with Crippen molar-refractivity contribution in [1.82, 2.24) is 4.90 Å². The Morgan fingerprint density at radius 2 is 1.85 bits per heavy atom. The lowest BCUT2D eigenvalue weighted by atomic mass is 10.3. The van der Waals surface area contributed by atoms with E-state index in [0.29, 0.717) is 18.0 Å². The van der Waals surface area contributed by atoms with Crippen LogP contribution in [0.3, 0.4) is 0 Å². The van der Waals surface area contributed by atoms with Crippen LogP contribution in [0.2, 0.25) is 0 Å². The van der Waals surface area contributed by atoms with Crippen LogP contribution in [0.15, 0.2) is 24.3 Å². The second-order valence-corrected chi connectivity index (χ2v) is 4.19. The van der Waals surface area contributed by atoms with E-state index >= 15 is 0 Å². The van der Waals surface area contributed by atoms with Gasteiger partial charge in [-0.05, 0) is 24.3 Å². The maximum atomic E-state index is 11.3. The van der Waals surface area contributed by atoms with Gasteiger partial charge in [-0.3, -0.25) is 9.59 Å². The highest BCUT2D eigenvalue weighted by atomic mass is 35.5. The Morgan fingerprint density at radius 1 is 1.25 bits per heavy atom. The van der Waals surface area contributed by atoms with E-state index in [1.807, 2.05) is 0 Å². The molecule has 0 bridgehead atoms. The third kappa shape index (κ3) is 6.40. The first kappa shape index (κ1) is 18.2. The summed E-state index contributed by atoms with van der Waals surface area (Å²) in [6.07, 6.45) is 0.287. The summed E-state index contributed by atoms with van der Waals surface area (Å²) in [4.78, 5) is 24.1. The third-order valence-electron chi connectivity index (χ3n) is 2.37. The lowest BCUT2D eigenvalue weighted by Gasteiger charge is -2.11. The summed E-state index contributed by atoms with van der Waals surface area (Å²) < 4.78 is 5.31. The van der Waals surface area contributed by atoms with Gasteiger partial charge in [0.25, 0.3) is 5.91 Å². The summed E-state index contributed by atoms with van der Waals surface area (Å²) in [7, 11) is 3.34. The second kappa shape index (κ2) is 9.17. The normalized spacial score (nSPS) is 9.35. The summed E-state index contributed by atoms with van der Waals surface area (Å²) in [6.45, 7) is 0.311. The minimum absolute atomic E-state index is 0. The molecule has 0 aliphatic carbocycles. The standard InChI is InChI=1S/C13H19N3O3.ClH/c1-16(2)13(18)9-19-11-5-3-10(4-6-11)15-12(17)7-8-14;/h3-6H,7-9,14H2,1-2H3,(H,15,17);1H. The number of amides is 2. The second-order valence-electron chi connectivity index (χ2n) is 4.19. The van der Waals surface area contributed by atoms with Gasteiger partial charge in [0.1, 0.15) is 5.75 Å². The molecule has 20 heavy (non-hydrogen) atoms. The number of nitrogens with zero attached hydrogens (tertiary/aromatic N) is 1. The summed E-state index contributed by atoms with van der Waals surface area (Å²) in [5.41, 5.74) is 5.95. The van der Waals surface area contributed by atoms with E-state index in [2.05, 4.69) is 5.32 Å². The van der Waals surface area contributed by atoms with Crippen LogP contribution in [-0.2, 0) is 9.59 Å². The van der Waals surface area contributed by atoms with Crippen molar-refractivity contribution in [3.05, 3.63) is 24.3 Å². The molecule has 0 aromatic heterocycles. The summed E-state index contributed by atoms with van der Waals surface area (Å²) >= 11 is 0. The number of carbonyl (C=O) groups excluding carboxylic acids is 2. The van der Waals surface area contributed by atoms with Crippen molar-refractivity contribution in [2.45, 2.75) is 6.42 Å². The van der Waals surface area contributed by atoms with Gasteiger partial charge in [0, 0.05) is 32.7 Å². The van der Waals surface area contributed by atoms with Gasteiger partial charge in [0.05, 0.1) is 0 Å². The molecule has 0 aliphatic rings. The van der Waals surface area contributed by atoms with Crippen LogP contribution in [0.4, 0.5) is 5.69 Å². The van der Waals surface area contributed by atoms with Gasteiger partial charge in [-0.15, -0.1) is 12.4 Å². The maximum absolute atomic E-state index is 11.3. The molecule has 0 aliphatic heterocycles. The van der Waals surface area contributed by atoms with Crippen molar-refractivity contribution < 1.29 is 14.3 Å². The molecule has 6 nitrogen and oxygen atoms in total. The number of ether oxygens (including phenoxy) is 1. The molecular weight excluding hydrogens is 282 g/mol. The third-order valence-corrected chi connectivity index (χ3v) is 2.37. The van der Waals surface area contributed by atoms with E-state index in [9.17, 15) is 9.59 Å². The van der Waals surface area contributed by atoms with E-state index in [1.165, 1.54) is 4.90 Å². The molecular formula is C13H20ClN3O3. The average Bonchev–Trinajstić information content (AvgIpc) is 2.37. The van der Waals surface area contributed by atoms with Crippen molar-refractivity contribution in [3.8, 4) is 5.75 Å². The predicted molar refractivity (Wildman–Crippen MR) is 80.2 cm³/mol. The van der Waals surface area contributed by atoms with Crippen molar-refractivity contribution in [2.24, 2.45) is 5.73 Å². The molecule has 2 amide bonds. The van der Waals surface area contributed by atoms with Crippen molar-refractivity contribution in [2.75, 3.05) is 32.6 Å². The van der Waals surface area contributed by atoms with Crippen molar-refractivity contribution in [1.29, 1.82) is 0 Å². The van der Waals surface area contributed by atoms with E-state index in [1.54, 1.807) is 38.4 Å². The van der Waals surface area contributed by atoms with Crippen LogP contribution in [0.5, 0.6) is 5.75 Å². The fourth-order valence-electron chi connectivity index (χ4n) is 1.26. The number of hydrogen-bond donors (Lipinski definition) is 2. The summed E-state index contributed by atoms with van der Waals surface area (Å²) in [6, 6.07) is 6.82. The quantitative estimate of drug-likeness (QED) is 0.816. The molecule has 1 rings (SSSR count). The molecule has 112 valence electrons. The van der Waals surface area contributed by atoms with Gasteiger partial charge in [0.2, 0.25) is 5.91 Å². The lowest BCUT2D eigenvalue weighted by molar-refractivity contribution is -0.130. The minimum Gasteiger partial charge on any atom is -0.484 e. The summed E-state index contributed by atoms with van der Waals surface area (Å²) in [5, 5.41) is 2.70. The highest BCUT2D eigenvalue weighted by Gasteiger charge is 2.05. The van der Waals surface area contributed by atoms with Crippen LogP contribution < -0.4 is 15.8 Å². The molecule has 0 fully saturated rings. The van der Waals surface area contributed by atoms with Crippen LogP contribution in [-0.4, -0.2) is 44.0 Å². The van der Waals surface area contributed by atoms with Gasteiger partial charge in [-0.1, -0.05) is 0 Å². The lowest BCUT2D eigenvalue weighted by Crippen LogP contribution is -2.27. The molecule has 0 heterocycles. The fourth-order valence-corrected chi connectivity index (χ4v) is 1.26. The highest BCUT2D eigenvalue weighted by molar-refractivity contribution is 5.90. The number of rotatable bonds is 6. The molecule has 0 spiro atoms. The van der Waals surface area contributed by atoms with Gasteiger partial charge >= 0.3 is 0 Å². The molecule has 0 unspecified atom stereocenters. The Balaban J connectivity index is 0.00000361. The Bertz CT molecular complexity index is 435. The van der Waals surface area contributed by atoms with E-state index < -0.39 is 0 Å². The van der Waals surface area contributed by atoms with Gasteiger partial charge in [-0.25, -0.2) is 0 Å². The monoisotopic (exact) mass is 301 g/mol. The SMILES string of the molecule is CN(C)C(=O)COc1ccc(NC(=O)CCN)cc1.Cl. The number of nitrogens with two attached hydrogens (primary N) is 1. The molecule has 0 saturated heterocycles. The molecule has 1 aromatic carbocycles. The topological polar surface area (TPSA) is 84.7 Å². The molecule has 0 radical (unpaired) electrons. The number of anilines is 1. The van der Waals surface area contributed by atoms with Crippen molar-refractivity contribution >= 4 is 29.9 Å². The fraction of sp³-hybridized carbons (Fsp3) is 0.385. The van der Waals surface area contributed by atoms with Crippen LogP contribution in [0.1, 0.15) is 6.42 Å². The number of hydrogen-bond acceptors (Lipinski definition) is 4. The predicted octanol–water partition coefficient (Wildman–Crippen LogP) is 0.863. The number of likely N-dealkylation sites (N-methyl/N-ethyl adjacent to an activating group) is 1. The van der Waals surface area contributed by atoms with E-state index in [4.69, 9.17) is 10.5 Å². The zero-order valence-corrected chi connectivity index (χ0v) is 12.4. The number of carbonyl (C=O) groups is 2. The Morgan fingerprint density at radius 3 is 2.35 bits per heavy atom. The molecule has 0 atom stereocenters. The molecule has 1 aromatic rings. The largest absolute Gasteiger partial charge is 0.484 e. The zero-order chi connectivity index (χ0) is 14.3. The van der Waals surface area contributed by atoms with Crippen LogP contribution in [0.25, 0.3) is 0 Å². The number of halogens is 1. The zero-order valence-electron chi connectivity index (χ0n) is 11.6. The van der Waals surface area contributed by atoms with Crippen LogP contribution >= 0.6 is 12.4 Å². The smallest absolute Gasteiger partial charge is 0.259 e. The van der Waals surface area contributed by atoms with E-state index in [-0.39, 0.29) is 37.2 Å². The summed E-state index contributed by atoms with van der Waals surface area (Å²) in [5.74, 6) is 0.339. The highest BCUT2D eigenvalue weighted by Crippen LogP contribution is 2.15. The first-order chi connectivity index (χ1) is 9.02.